The topological polar surface area (TPSA) is 53.6 Å². The highest BCUT2D eigenvalue weighted by Crippen LogP contribution is 2.33. The molecule has 1 aromatic rings. The molecule has 5 nitrogen and oxygen atoms in total. The van der Waals surface area contributed by atoms with Gasteiger partial charge in [0.1, 0.15) is 5.82 Å². The Labute approximate surface area is 146 Å². The maximum Gasteiger partial charge on any atom is 0.315 e. The SMILES string of the molecule is O=C(NCc1ccc(F)cc1)NC[C@]1(N2CCOCC2)CCSC1. The van der Waals surface area contributed by atoms with E-state index in [9.17, 15) is 9.18 Å². The first kappa shape index (κ1) is 17.5. The van der Waals surface area contributed by atoms with E-state index in [0.29, 0.717) is 13.1 Å². The van der Waals surface area contributed by atoms with Crippen LogP contribution >= 0.6 is 11.8 Å². The van der Waals surface area contributed by atoms with Gasteiger partial charge in [-0.1, -0.05) is 12.1 Å². The normalized spacial score (nSPS) is 24.7. The number of nitrogens with one attached hydrogen (secondary N) is 2. The average molecular weight is 353 g/mol. The number of benzene rings is 1. The van der Waals surface area contributed by atoms with Crippen LogP contribution in [0, 0.1) is 5.82 Å². The Morgan fingerprint density at radius 3 is 2.67 bits per heavy atom. The second-order valence-corrected chi connectivity index (χ2v) is 7.39. The monoisotopic (exact) mass is 353 g/mol. The molecular weight excluding hydrogens is 329 g/mol. The number of rotatable bonds is 5. The fourth-order valence-electron chi connectivity index (χ4n) is 3.23. The molecule has 0 unspecified atom stereocenters. The van der Waals surface area contributed by atoms with Crippen molar-refractivity contribution < 1.29 is 13.9 Å². The van der Waals surface area contributed by atoms with Gasteiger partial charge in [0.15, 0.2) is 0 Å². The molecular formula is C17H24FN3O2S. The van der Waals surface area contributed by atoms with Crippen LogP contribution in [-0.4, -0.2) is 60.8 Å². The summed E-state index contributed by atoms with van der Waals surface area (Å²) in [7, 11) is 0. The lowest BCUT2D eigenvalue weighted by atomic mass is 9.95. The zero-order valence-electron chi connectivity index (χ0n) is 13.7. The molecule has 2 heterocycles. The number of thioether (sulfide) groups is 1. The second kappa shape index (κ2) is 8.18. The van der Waals surface area contributed by atoms with Crippen LogP contribution in [0.4, 0.5) is 9.18 Å². The fraction of sp³-hybridized carbons (Fsp3) is 0.588. The number of hydrogen-bond donors (Lipinski definition) is 2. The van der Waals surface area contributed by atoms with Crippen molar-refractivity contribution in [1.82, 2.24) is 15.5 Å². The molecule has 0 bridgehead atoms. The highest BCUT2D eigenvalue weighted by molar-refractivity contribution is 7.99. The van der Waals surface area contributed by atoms with E-state index >= 15 is 0 Å². The van der Waals surface area contributed by atoms with Gasteiger partial charge in [0.2, 0.25) is 0 Å². The van der Waals surface area contributed by atoms with Crippen molar-refractivity contribution in [1.29, 1.82) is 0 Å². The predicted octanol–water partition coefficient (Wildman–Crippen LogP) is 1.83. The second-order valence-electron chi connectivity index (χ2n) is 6.29. The molecule has 132 valence electrons. The molecule has 0 spiro atoms. The zero-order valence-corrected chi connectivity index (χ0v) is 14.5. The first-order chi connectivity index (χ1) is 11.7. The number of amides is 2. The van der Waals surface area contributed by atoms with Crippen LogP contribution in [0.5, 0.6) is 0 Å². The minimum Gasteiger partial charge on any atom is -0.379 e. The van der Waals surface area contributed by atoms with E-state index < -0.39 is 0 Å². The molecule has 1 atom stereocenters. The Morgan fingerprint density at radius 2 is 2.00 bits per heavy atom. The molecule has 2 aliphatic heterocycles. The molecule has 0 radical (unpaired) electrons. The Kier molecular flexibility index (Phi) is 5.97. The van der Waals surface area contributed by atoms with Crippen molar-refractivity contribution in [3.05, 3.63) is 35.6 Å². The minimum absolute atomic E-state index is 0.0433. The first-order valence-electron chi connectivity index (χ1n) is 8.35. The number of morpholine rings is 1. The molecule has 3 rings (SSSR count). The number of carbonyl (C=O) groups excluding carboxylic acids is 1. The standard InChI is InChI=1S/C17H24FN3O2S/c18-15-3-1-14(2-4-15)11-19-16(22)20-12-17(5-10-24-13-17)21-6-8-23-9-7-21/h1-4H,5-13H2,(H2,19,20,22)/t17-/m1/s1. The maximum absolute atomic E-state index is 12.9. The van der Waals surface area contributed by atoms with Crippen LogP contribution < -0.4 is 10.6 Å². The van der Waals surface area contributed by atoms with Crippen LogP contribution in [0.2, 0.25) is 0 Å². The number of nitrogens with zero attached hydrogens (tertiary/aromatic N) is 1. The van der Waals surface area contributed by atoms with Gasteiger partial charge in [-0.25, -0.2) is 9.18 Å². The van der Waals surface area contributed by atoms with Gasteiger partial charge in [0, 0.05) is 37.5 Å². The maximum atomic E-state index is 12.9. The summed E-state index contributed by atoms with van der Waals surface area (Å²) in [6.45, 7) is 4.44. The molecule has 7 heteroatoms. The van der Waals surface area contributed by atoms with Gasteiger partial charge in [-0.15, -0.1) is 0 Å². The third kappa shape index (κ3) is 4.40. The van der Waals surface area contributed by atoms with Crippen LogP contribution in [0.1, 0.15) is 12.0 Å². The van der Waals surface area contributed by atoms with Gasteiger partial charge in [-0.3, -0.25) is 4.90 Å². The summed E-state index contributed by atoms with van der Waals surface area (Å²) in [6.07, 6.45) is 1.09. The summed E-state index contributed by atoms with van der Waals surface area (Å²) < 4.78 is 18.3. The van der Waals surface area contributed by atoms with Crippen molar-refractivity contribution in [3.8, 4) is 0 Å². The zero-order chi connectivity index (χ0) is 16.8. The van der Waals surface area contributed by atoms with Crippen molar-refractivity contribution >= 4 is 17.8 Å². The molecule has 1 aromatic carbocycles. The Balaban J connectivity index is 1.49. The van der Waals surface area contributed by atoms with E-state index in [1.807, 2.05) is 11.8 Å². The number of ether oxygens (including phenoxy) is 1. The van der Waals surface area contributed by atoms with Gasteiger partial charge < -0.3 is 15.4 Å². The summed E-state index contributed by atoms with van der Waals surface area (Å²) in [6, 6.07) is 5.98. The van der Waals surface area contributed by atoms with Gasteiger partial charge >= 0.3 is 6.03 Å². The van der Waals surface area contributed by atoms with E-state index in [0.717, 1.165) is 49.8 Å². The predicted molar refractivity (Wildman–Crippen MR) is 93.7 cm³/mol. The van der Waals surface area contributed by atoms with E-state index in [1.54, 1.807) is 12.1 Å². The van der Waals surface area contributed by atoms with Crippen molar-refractivity contribution in [2.75, 3.05) is 44.4 Å². The highest BCUT2D eigenvalue weighted by atomic mass is 32.2. The molecule has 2 saturated heterocycles. The van der Waals surface area contributed by atoms with Gasteiger partial charge in [0.25, 0.3) is 0 Å². The summed E-state index contributed by atoms with van der Waals surface area (Å²) in [5.74, 6) is 1.91. The summed E-state index contributed by atoms with van der Waals surface area (Å²) in [5.41, 5.74) is 0.924. The molecule has 24 heavy (non-hydrogen) atoms. The van der Waals surface area contributed by atoms with Crippen LogP contribution in [-0.2, 0) is 11.3 Å². The third-order valence-electron chi connectivity index (χ3n) is 4.71. The molecule has 0 aromatic heterocycles. The number of carbonyl (C=O) groups is 1. The molecule has 0 saturated carbocycles. The quantitative estimate of drug-likeness (QED) is 0.848. The van der Waals surface area contributed by atoms with Crippen LogP contribution in [0.3, 0.4) is 0 Å². The Morgan fingerprint density at radius 1 is 1.25 bits per heavy atom. The van der Waals surface area contributed by atoms with Crippen LogP contribution in [0.25, 0.3) is 0 Å². The lowest BCUT2D eigenvalue weighted by Gasteiger charge is -2.43. The van der Waals surface area contributed by atoms with Gasteiger partial charge in [-0.05, 0) is 29.9 Å². The summed E-state index contributed by atoms with van der Waals surface area (Å²) in [5, 5.41) is 5.86. The fourth-order valence-corrected chi connectivity index (χ4v) is 4.70. The van der Waals surface area contributed by atoms with E-state index in [4.69, 9.17) is 4.74 Å². The number of urea groups is 1. The molecule has 0 aliphatic carbocycles. The van der Waals surface area contributed by atoms with E-state index in [2.05, 4.69) is 15.5 Å². The van der Waals surface area contributed by atoms with Gasteiger partial charge in [-0.2, -0.15) is 11.8 Å². The van der Waals surface area contributed by atoms with E-state index in [1.165, 1.54) is 12.1 Å². The van der Waals surface area contributed by atoms with Crippen molar-refractivity contribution in [3.63, 3.8) is 0 Å². The lowest BCUT2D eigenvalue weighted by Crippen LogP contribution is -2.59. The highest BCUT2D eigenvalue weighted by Gasteiger charge is 2.40. The number of hydrogen-bond acceptors (Lipinski definition) is 4. The molecule has 2 aliphatic rings. The summed E-state index contributed by atoms with van der Waals surface area (Å²) in [4.78, 5) is 14.6. The van der Waals surface area contributed by atoms with Crippen molar-refractivity contribution in [2.45, 2.75) is 18.5 Å². The van der Waals surface area contributed by atoms with Crippen molar-refractivity contribution in [2.24, 2.45) is 0 Å². The molecule has 2 amide bonds. The van der Waals surface area contributed by atoms with Gasteiger partial charge in [0.05, 0.1) is 13.2 Å². The summed E-state index contributed by atoms with van der Waals surface area (Å²) >= 11 is 1.95. The minimum atomic E-state index is -0.269. The largest absolute Gasteiger partial charge is 0.379 e. The number of halogens is 1. The first-order valence-corrected chi connectivity index (χ1v) is 9.50. The Hall–Kier alpha value is -1.31. The molecule has 2 N–H and O–H groups in total. The Bertz CT molecular complexity index is 543. The van der Waals surface area contributed by atoms with E-state index in [-0.39, 0.29) is 17.4 Å². The van der Waals surface area contributed by atoms with Crippen LogP contribution in [0.15, 0.2) is 24.3 Å². The molecule has 2 fully saturated rings. The lowest BCUT2D eigenvalue weighted by molar-refractivity contribution is -0.0124. The third-order valence-corrected chi connectivity index (χ3v) is 5.94. The average Bonchev–Trinajstić information content (AvgIpc) is 3.10. The smallest absolute Gasteiger partial charge is 0.315 e.